The molecule has 0 spiro atoms. The van der Waals surface area contributed by atoms with E-state index in [9.17, 15) is 0 Å². The second-order valence-electron chi connectivity index (χ2n) is 25.8. The zero-order valence-electron chi connectivity index (χ0n) is 42.7. The lowest BCUT2D eigenvalue weighted by Gasteiger charge is -2.60. The van der Waals surface area contributed by atoms with Crippen LogP contribution in [0.4, 0.5) is 0 Å². The van der Waals surface area contributed by atoms with Gasteiger partial charge in [0.25, 0.3) is 0 Å². The molecule has 0 aromatic rings. The molecule has 0 bridgehead atoms. The van der Waals surface area contributed by atoms with Crippen molar-refractivity contribution in [3.8, 4) is 0 Å². The zero-order chi connectivity index (χ0) is 43.4. The number of hydrogen-bond donors (Lipinski definition) is 0. The van der Waals surface area contributed by atoms with Crippen LogP contribution in [0.15, 0.2) is 55.7 Å². The summed E-state index contributed by atoms with van der Waals surface area (Å²) in [4.78, 5) is 0. The van der Waals surface area contributed by atoms with Gasteiger partial charge >= 0.3 is 0 Å². The summed E-state index contributed by atoms with van der Waals surface area (Å²) in [5.41, 5.74) is 18.7. The first-order valence-electron chi connectivity index (χ1n) is 26.8. The molecule has 0 N–H and O–H groups in total. The number of hydrogen-bond acceptors (Lipinski definition) is 0. The lowest BCUT2D eigenvalue weighted by atomic mass is 9.44. The van der Waals surface area contributed by atoms with Crippen molar-refractivity contribution in [3.63, 3.8) is 0 Å². The van der Waals surface area contributed by atoms with Gasteiger partial charge in [-0.25, -0.2) is 0 Å². The van der Waals surface area contributed by atoms with E-state index in [1.165, 1.54) is 116 Å². The van der Waals surface area contributed by atoms with Gasteiger partial charge in [-0.3, -0.25) is 0 Å². The Balaban J connectivity index is 1.08. The summed E-state index contributed by atoms with van der Waals surface area (Å²) in [5.74, 6) is 10.6. The Kier molecular flexibility index (Phi) is 12.3. The van der Waals surface area contributed by atoms with Crippen LogP contribution >= 0.6 is 0 Å². The van der Waals surface area contributed by atoms with Crippen molar-refractivity contribution in [1.29, 1.82) is 0 Å². The van der Waals surface area contributed by atoms with E-state index in [0.717, 1.165) is 71.0 Å². The molecule has 0 aromatic heterocycles. The third-order valence-corrected chi connectivity index (χ3v) is 22.8. The van der Waals surface area contributed by atoms with Gasteiger partial charge in [0, 0.05) is 10.8 Å². The minimum atomic E-state index is 0.220. The molecule has 14 atom stereocenters. The van der Waals surface area contributed by atoms with E-state index in [1.807, 2.05) is 11.1 Å². The van der Waals surface area contributed by atoms with Crippen molar-refractivity contribution in [2.45, 2.75) is 226 Å². The lowest BCUT2D eigenvalue weighted by molar-refractivity contribution is -0.0469. The molecular formula is C60H96. The second kappa shape index (κ2) is 16.3. The highest BCUT2D eigenvalue weighted by atomic mass is 14.7. The van der Waals surface area contributed by atoms with Crippen molar-refractivity contribution < 1.29 is 0 Å². The van der Waals surface area contributed by atoms with E-state index in [2.05, 4.69) is 111 Å². The van der Waals surface area contributed by atoms with E-state index < -0.39 is 0 Å². The van der Waals surface area contributed by atoms with E-state index in [0.29, 0.717) is 10.8 Å². The SMILES string of the molecule is CC1=C(C)[C@@]2(C)C(=C(C)/C1=C1\C(C)=C(C)[C@@]3(C)C(=C1C)CC[C@@H]1[C@@H]3CC[C@]3(C)[C@@H]([C@H](C)CCCC(C)C)CC[C@@H]13)CC[C@@H]1[C@@H]2CC[C@]2(C)[C@@H]([C@H](C)CCCC(C)C)CC[C@@H]12. The van der Waals surface area contributed by atoms with Crippen LogP contribution in [-0.4, -0.2) is 0 Å². The fourth-order valence-electron chi connectivity index (χ4n) is 19.4. The summed E-state index contributed by atoms with van der Waals surface area (Å²) in [6, 6.07) is 0. The Bertz CT molecular complexity index is 1700. The average Bonchev–Trinajstić information content (AvgIpc) is 3.74. The number of fused-ring (bicyclic) bond motifs is 10. The molecule has 60 heavy (non-hydrogen) atoms. The fourth-order valence-corrected chi connectivity index (χ4v) is 19.4. The summed E-state index contributed by atoms with van der Waals surface area (Å²) in [5, 5.41) is 0. The molecule has 0 heteroatoms. The molecule has 0 saturated heterocycles. The maximum atomic E-state index is 2.78. The van der Waals surface area contributed by atoms with Gasteiger partial charge in [-0.1, -0.05) is 130 Å². The fraction of sp³-hybridized carbons (Fsp3) is 0.833. The Labute approximate surface area is 373 Å². The van der Waals surface area contributed by atoms with Crippen LogP contribution in [0.25, 0.3) is 0 Å². The molecule has 8 aliphatic carbocycles. The normalized spacial score (nSPS) is 43.9. The van der Waals surface area contributed by atoms with E-state index in [-0.39, 0.29) is 10.8 Å². The molecule has 8 rings (SSSR count). The molecule has 0 radical (unpaired) electrons. The minimum absolute atomic E-state index is 0.220. The number of rotatable bonds is 10. The molecule has 0 nitrogen and oxygen atoms in total. The van der Waals surface area contributed by atoms with Crippen molar-refractivity contribution in [3.05, 3.63) is 55.7 Å². The van der Waals surface area contributed by atoms with Gasteiger partial charge in [0.15, 0.2) is 0 Å². The maximum Gasteiger partial charge on any atom is 0.0132 e. The molecule has 0 unspecified atom stereocenters. The molecular weight excluding hydrogens is 721 g/mol. The Morgan fingerprint density at radius 1 is 0.433 bits per heavy atom. The van der Waals surface area contributed by atoms with Gasteiger partial charge in [0.2, 0.25) is 0 Å². The van der Waals surface area contributed by atoms with Crippen LogP contribution < -0.4 is 0 Å². The highest BCUT2D eigenvalue weighted by molar-refractivity contribution is 5.70. The summed E-state index contributed by atoms with van der Waals surface area (Å²) in [6.07, 6.45) is 25.9. The van der Waals surface area contributed by atoms with Gasteiger partial charge in [-0.2, -0.15) is 0 Å². The van der Waals surface area contributed by atoms with Crippen molar-refractivity contribution in [2.24, 2.45) is 92.7 Å². The minimum Gasteiger partial charge on any atom is -0.0628 e. The Morgan fingerprint density at radius 3 is 1.15 bits per heavy atom. The Morgan fingerprint density at radius 2 is 0.800 bits per heavy atom. The lowest BCUT2D eigenvalue weighted by Crippen LogP contribution is -2.52. The smallest absolute Gasteiger partial charge is 0.0132 e. The largest absolute Gasteiger partial charge is 0.0628 e. The zero-order valence-corrected chi connectivity index (χ0v) is 42.7. The van der Waals surface area contributed by atoms with Gasteiger partial charge < -0.3 is 0 Å². The Hall–Kier alpha value is -1.30. The average molecular weight is 817 g/mol. The first-order chi connectivity index (χ1) is 28.2. The van der Waals surface area contributed by atoms with Gasteiger partial charge in [0.05, 0.1) is 0 Å². The first-order valence-corrected chi connectivity index (χ1v) is 26.8. The van der Waals surface area contributed by atoms with Crippen LogP contribution in [0.5, 0.6) is 0 Å². The van der Waals surface area contributed by atoms with Crippen molar-refractivity contribution in [1.82, 2.24) is 0 Å². The van der Waals surface area contributed by atoms with Crippen molar-refractivity contribution in [2.75, 3.05) is 0 Å². The van der Waals surface area contributed by atoms with Gasteiger partial charge in [0.1, 0.15) is 0 Å². The number of allylic oxidation sites excluding steroid dienone is 10. The highest BCUT2D eigenvalue weighted by Gasteiger charge is 2.62. The van der Waals surface area contributed by atoms with E-state index >= 15 is 0 Å². The highest BCUT2D eigenvalue weighted by Crippen LogP contribution is 2.72. The standard InChI is InChI=1S/C60H96/c1-35(2)19-17-21-37(5)47-27-29-51-45-23-25-49-41(9)55(39(7)43(11)59(49,15)53(45)31-33-57(47,51)13)56-40(8)44(12)60(16)50(42(56)10)26-24-46-52-30-28-48(38(6)22-18-20-36(3)4)58(52,14)34-32-54(46)60/h35-38,45-48,51-54H,17-34H2,1-16H3/b56-55+/t37-,38-,45+,46+,47-,48-,51+,52+,53+,54+,57-,58-,59+,60+/m1/s1. The van der Waals surface area contributed by atoms with Gasteiger partial charge in [-0.05, 0) is 234 Å². The molecule has 6 fully saturated rings. The topological polar surface area (TPSA) is 0 Å². The van der Waals surface area contributed by atoms with Crippen LogP contribution in [0, 0.1) is 92.7 Å². The second-order valence-corrected chi connectivity index (χ2v) is 25.8. The van der Waals surface area contributed by atoms with Crippen LogP contribution in [0.1, 0.15) is 226 Å². The van der Waals surface area contributed by atoms with E-state index in [4.69, 9.17) is 0 Å². The molecule has 0 amide bonds. The molecule has 0 heterocycles. The van der Waals surface area contributed by atoms with Crippen LogP contribution in [-0.2, 0) is 0 Å². The third-order valence-electron chi connectivity index (χ3n) is 22.8. The quantitative estimate of drug-likeness (QED) is 0.206. The summed E-state index contributed by atoms with van der Waals surface area (Å²) in [7, 11) is 0. The molecule has 0 aromatic carbocycles. The molecule has 6 saturated carbocycles. The van der Waals surface area contributed by atoms with Crippen molar-refractivity contribution >= 4 is 0 Å². The molecule has 8 aliphatic rings. The third kappa shape index (κ3) is 6.65. The molecule has 0 aliphatic heterocycles. The van der Waals surface area contributed by atoms with Gasteiger partial charge in [-0.15, -0.1) is 0 Å². The van der Waals surface area contributed by atoms with E-state index in [1.54, 1.807) is 44.6 Å². The van der Waals surface area contributed by atoms with Crippen LogP contribution in [0.3, 0.4) is 0 Å². The first kappa shape index (κ1) is 45.3. The monoisotopic (exact) mass is 817 g/mol. The predicted octanol–water partition coefficient (Wildman–Crippen LogP) is 18.3. The van der Waals surface area contributed by atoms with Crippen LogP contribution in [0.2, 0.25) is 0 Å². The maximum absolute atomic E-state index is 2.78. The predicted molar refractivity (Wildman–Crippen MR) is 261 cm³/mol. The molecule has 336 valence electrons. The summed E-state index contributed by atoms with van der Waals surface area (Å²) in [6.45, 7) is 41.5. The summed E-state index contributed by atoms with van der Waals surface area (Å²) < 4.78 is 0. The summed E-state index contributed by atoms with van der Waals surface area (Å²) >= 11 is 0.